The second kappa shape index (κ2) is 5.86. The minimum absolute atomic E-state index is 0.0387. The van der Waals surface area contributed by atoms with Gasteiger partial charge in [-0.1, -0.05) is 0 Å². The molecule has 1 aliphatic heterocycles. The number of aromatic nitrogens is 2. The van der Waals surface area contributed by atoms with Crippen molar-refractivity contribution in [1.82, 2.24) is 14.7 Å². The number of rotatable bonds is 4. The van der Waals surface area contributed by atoms with Gasteiger partial charge in [0.2, 0.25) is 0 Å². The van der Waals surface area contributed by atoms with E-state index < -0.39 is 5.97 Å². The first-order valence-electron chi connectivity index (χ1n) is 6.59. The summed E-state index contributed by atoms with van der Waals surface area (Å²) < 4.78 is 1.60. The van der Waals surface area contributed by atoms with Crippen LogP contribution in [0.1, 0.15) is 42.5 Å². The van der Waals surface area contributed by atoms with Gasteiger partial charge in [-0.2, -0.15) is 5.10 Å². The standard InChI is InChI=1S/C13H19N3O3/c1-15-9-10(8-14-15)13(19)16-7-3-2-4-11(16)5-6-12(17)18/h8-9,11H,2-7H2,1H3,(H,17,18)/t11-/m0/s1. The molecule has 6 heteroatoms. The molecule has 1 atom stereocenters. The summed E-state index contributed by atoms with van der Waals surface area (Å²) in [5.41, 5.74) is 0.574. The maximum atomic E-state index is 12.4. The van der Waals surface area contributed by atoms with Crippen molar-refractivity contribution in [3.8, 4) is 0 Å². The third-order valence-electron chi connectivity index (χ3n) is 3.53. The van der Waals surface area contributed by atoms with E-state index in [0.29, 0.717) is 18.5 Å². The Kier molecular flexibility index (Phi) is 4.19. The van der Waals surface area contributed by atoms with E-state index in [9.17, 15) is 9.59 Å². The summed E-state index contributed by atoms with van der Waals surface area (Å²) in [4.78, 5) is 24.9. The fourth-order valence-corrected chi connectivity index (χ4v) is 2.56. The van der Waals surface area contributed by atoms with Gasteiger partial charge in [0.1, 0.15) is 0 Å². The summed E-state index contributed by atoms with van der Waals surface area (Å²) in [6.45, 7) is 0.706. The molecule has 1 saturated heterocycles. The monoisotopic (exact) mass is 265 g/mol. The van der Waals surface area contributed by atoms with Gasteiger partial charge in [0.05, 0.1) is 11.8 Å². The molecule has 1 aromatic heterocycles. The number of carbonyl (C=O) groups is 2. The molecule has 0 unspecified atom stereocenters. The number of hydrogen-bond donors (Lipinski definition) is 1. The van der Waals surface area contributed by atoms with Crippen molar-refractivity contribution >= 4 is 11.9 Å². The number of carboxylic acid groups (broad SMARTS) is 1. The van der Waals surface area contributed by atoms with Crippen LogP contribution in [-0.2, 0) is 11.8 Å². The Morgan fingerprint density at radius 2 is 2.26 bits per heavy atom. The Bertz CT molecular complexity index is 469. The van der Waals surface area contributed by atoms with Gasteiger partial charge in [0, 0.05) is 32.3 Å². The Balaban J connectivity index is 2.06. The van der Waals surface area contributed by atoms with Crippen LogP contribution in [0.15, 0.2) is 12.4 Å². The molecule has 1 aliphatic rings. The summed E-state index contributed by atoms with van der Waals surface area (Å²) in [6.07, 6.45) is 6.83. The summed E-state index contributed by atoms with van der Waals surface area (Å²) in [6, 6.07) is 0.0394. The van der Waals surface area contributed by atoms with Crippen molar-refractivity contribution in [2.45, 2.75) is 38.1 Å². The first kappa shape index (κ1) is 13.6. The lowest BCUT2D eigenvalue weighted by Crippen LogP contribution is -2.43. The van der Waals surface area contributed by atoms with Gasteiger partial charge in [-0.3, -0.25) is 14.3 Å². The Morgan fingerprint density at radius 3 is 2.89 bits per heavy atom. The lowest BCUT2D eigenvalue weighted by atomic mass is 9.97. The summed E-state index contributed by atoms with van der Waals surface area (Å²) in [7, 11) is 1.77. The lowest BCUT2D eigenvalue weighted by molar-refractivity contribution is -0.137. The van der Waals surface area contributed by atoms with E-state index in [1.54, 1.807) is 24.1 Å². The fraction of sp³-hybridized carbons (Fsp3) is 0.615. The fourth-order valence-electron chi connectivity index (χ4n) is 2.56. The molecular weight excluding hydrogens is 246 g/mol. The van der Waals surface area contributed by atoms with E-state index in [0.717, 1.165) is 19.3 Å². The van der Waals surface area contributed by atoms with Crippen molar-refractivity contribution in [1.29, 1.82) is 0 Å². The molecule has 0 bridgehead atoms. The number of piperidine rings is 1. The number of carbonyl (C=O) groups excluding carboxylic acids is 1. The summed E-state index contributed by atoms with van der Waals surface area (Å²) >= 11 is 0. The van der Waals surface area contributed by atoms with Crippen molar-refractivity contribution in [2.75, 3.05) is 6.54 Å². The molecule has 0 aliphatic carbocycles. The van der Waals surface area contributed by atoms with Crippen LogP contribution >= 0.6 is 0 Å². The molecule has 1 amide bonds. The van der Waals surface area contributed by atoms with Gasteiger partial charge in [0.15, 0.2) is 0 Å². The Morgan fingerprint density at radius 1 is 1.47 bits per heavy atom. The van der Waals surface area contributed by atoms with Crippen LogP contribution in [0.3, 0.4) is 0 Å². The molecule has 2 heterocycles. The predicted molar refractivity (Wildman–Crippen MR) is 68.8 cm³/mol. The highest BCUT2D eigenvalue weighted by Crippen LogP contribution is 2.22. The Labute approximate surface area is 112 Å². The molecule has 6 nitrogen and oxygen atoms in total. The van der Waals surface area contributed by atoms with Gasteiger partial charge >= 0.3 is 5.97 Å². The maximum Gasteiger partial charge on any atom is 0.303 e. The van der Waals surface area contributed by atoms with E-state index in [-0.39, 0.29) is 18.4 Å². The number of amides is 1. The van der Waals surface area contributed by atoms with Crippen molar-refractivity contribution in [2.24, 2.45) is 7.05 Å². The van der Waals surface area contributed by atoms with Crippen molar-refractivity contribution in [3.63, 3.8) is 0 Å². The third kappa shape index (κ3) is 3.33. The van der Waals surface area contributed by atoms with Crippen LogP contribution < -0.4 is 0 Å². The molecule has 2 rings (SSSR count). The molecule has 0 saturated carbocycles. The topological polar surface area (TPSA) is 75.4 Å². The normalized spacial score (nSPS) is 19.4. The number of nitrogens with zero attached hydrogens (tertiary/aromatic N) is 3. The molecule has 1 aromatic rings. The minimum atomic E-state index is -0.806. The van der Waals surface area contributed by atoms with Crippen LogP contribution in [0.25, 0.3) is 0 Å². The number of carboxylic acids is 1. The van der Waals surface area contributed by atoms with E-state index in [1.807, 2.05) is 4.90 Å². The number of hydrogen-bond acceptors (Lipinski definition) is 3. The van der Waals surface area contributed by atoms with Crippen molar-refractivity contribution in [3.05, 3.63) is 18.0 Å². The van der Waals surface area contributed by atoms with Gasteiger partial charge in [-0.15, -0.1) is 0 Å². The average Bonchev–Trinajstić information content (AvgIpc) is 2.82. The van der Waals surface area contributed by atoms with E-state index in [2.05, 4.69) is 5.10 Å². The van der Waals surface area contributed by atoms with Gasteiger partial charge in [-0.05, 0) is 25.7 Å². The van der Waals surface area contributed by atoms with E-state index in [1.165, 1.54) is 0 Å². The zero-order valence-corrected chi connectivity index (χ0v) is 11.1. The van der Waals surface area contributed by atoms with Crippen molar-refractivity contribution < 1.29 is 14.7 Å². The molecule has 1 fully saturated rings. The van der Waals surface area contributed by atoms with Gasteiger partial charge < -0.3 is 10.0 Å². The van der Waals surface area contributed by atoms with Gasteiger partial charge in [0.25, 0.3) is 5.91 Å². The molecular formula is C13H19N3O3. The molecule has 104 valence electrons. The second-order valence-corrected chi connectivity index (χ2v) is 4.98. The van der Waals surface area contributed by atoms with E-state index in [4.69, 9.17) is 5.11 Å². The van der Waals surface area contributed by atoms with Crippen LogP contribution in [0.4, 0.5) is 0 Å². The van der Waals surface area contributed by atoms with Crippen LogP contribution in [-0.4, -0.2) is 44.3 Å². The highest BCUT2D eigenvalue weighted by molar-refractivity contribution is 5.94. The molecule has 0 spiro atoms. The zero-order chi connectivity index (χ0) is 13.8. The predicted octanol–water partition coefficient (Wildman–Crippen LogP) is 1.28. The number of likely N-dealkylation sites (tertiary alicyclic amines) is 1. The zero-order valence-electron chi connectivity index (χ0n) is 11.1. The third-order valence-corrected chi connectivity index (χ3v) is 3.53. The lowest BCUT2D eigenvalue weighted by Gasteiger charge is -2.35. The number of aliphatic carboxylic acids is 1. The number of aryl methyl sites for hydroxylation is 1. The van der Waals surface area contributed by atoms with Crippen LogP contribution in [0.5, 0.6) is 0 Å². The molecule has 0 aromatic carbocycles. The van der Waals surface area contributed by atoms with Crippen LogP contribution in [0, 0.1) is 0 Å². The first-order chi connectivity index (χ1) is 9.08. The van der Waals surface area contributed by atoms with E-state index >= 15 is 0 Å². The molecule has 0 radical (unpaired) electrons. The smallest absolute Gasteiger partial charge is 0.303 e. The summed E-state index contributed by atoms with van der Waals surface area (Å²) in [5.74, 6) is -0.845. The second-order valence-electron chi connectivity index (χ2n) is 4.98. The largest absolute Gasteiger partial charge is 0.481 e. The minimum Gasteiger partial charge on any atom is -0.481 e. The Hall–Kier alpha value is -1.85. The summed E-state index contributed by atoms with van der Waals surface area (Å²) in [5, 5.41) is 12.8. The van der Waals surface area contributed by atoms with Gasteiger partial charge in [-0.25, -0.2) is 0 Å². The quantitative estimate of drug-likeness (QED) is 0.889. The highest BCUT2D eigenvalue weighted by Gasteiger charge is 2.28. The SMILES string of the molecule is Cn1cc(C(=O)N2CCCC[C@H]2CCC(=O)O)cn1. The highest BCUT2D eigenvalue weighted by atomic mass is 16.4. The maximum absolute atomic E-state index is 12.4. The van der Waals surface area contributed by atoms with Crippen LogP contribution in [0.2, 0.25) is 0 Å². The first-order valence-corrected chi connectivity index (χ1v) is 6.59. The average molecular weight is 265 g/mol. The molecule has 19 heavy (non-hydrogen) atoms. The molecule has 1 N–H and O–H groups in total.